The number of nitrogens with one attached hydrogen (secondary N) is 1. The number of carboxylic acid groups (broad SMARTS) is 1. The van der Waals surface area contributed by atoms with E-state index in [2.05, 4.69) is 5.32 Å². The van der Waals surface area contributed by atoms with Crippen molar-refractivity contribution in [3.8, 4) is 5.75 Å². The van der Waals surface area contributed by atoms with Crippen LogP contribution >= 0.6 is 11.8 Å². The second-order valence-electron chi connectivity index (χ2n) is 5.56. The highest BCUT2D eigenvalue weighted by Gasteiger charge is 2.39. The molecule has 0 spiro atoms. The molecule has 0 aromatic heterocycles. The summed E-state index contributed by atoms with van der Waals surface area (Å²) in [4.78, 5) is 36.7. The van der Waals surface area contributed by atoms with Crippen molar-refractivity contribution in [2.45, 2.75) is 11.9 Å². The Hall–Kier alpha value is -3.00. The van der Waals surface area contributed by atoms with Crippen molar-refractivity contribution < 1.29 is 24.2 Å². The fourth-order valence-corrected chi connectivity index (χ4v) is 3.36. The number of hydrogen-bond donors (Lipinski definition) is 2. The predicted molar refractivity (Wildman–Crippen MR) is 97.3 cm³/mol. The fraction of sp³-hybridized carbons (Fsp3) is 0.167. The summed E-state index contributed by atoms with van der Waals surface area (Å²) in [5.74, 6) is -0.661. The number of methoxy groups -OCH3 is 1. The molecule has 3 rings (SSSR count). The zero-order chi connectivity index (χ0) is 18.7. The highest BCUT2D eigenvalue weighted by atomic mass is 32.2. The first-order valence-corrected chi connectivity index (χ1v) is 8.60. The zero-order valence-corrected chi connectivity index (χ0v) is 14.7. The molecule has 0 bridgehead atoms. The van der Waals surface area contributed by atoms with Gasteiger partial charge in [0.1, 0.15) is 5.75 Å². The molecule has 2 amide bonds. The monoisotopic (exact) mass is 372 g/mol. The normalized spacial score (nSPS) is 16.7. The summed E-state index contributed by atoms with van der Waals surface area (Å²) in [6.07, 6.45) is 0. The van der Waals surface area contributed by atoms with Gasteiger partial charge in [-0.3, -0.25) is 14.5 Å². The van der Waals surface area contributed by atoms with Crippen LogP contribution in [0.5, 0.6) is 5.75 Å². The van der Waals surface area contributed by atoms with Crippen molar-refractivity contribution in [3.63, 3.8) is 0 Å². The third-order valence-corrected chi connectivity index (χ3v) is 4.84. The van der Waals surface area contributed by atoms with Crippen molar-refractivity contribution in [1.82, 2.24) is 4.90 Å². The largest absolute Gasteiger partial charge is 0.497 e. The Kier molecular flexibility index (Phi) is 5.13. The minimum atomic E-state index is -1.02. The van der Waals surface area contributed by atoms with Crippen LogP contribution in [-0.4, -0.2) is 39.6 Å². The van der Waals surface area contributed by atoms with Gasteiger partial charge in [0.05, 0.1) is 19.2 Å². The van der Waals surface area contributed by atoms with Crippen LogP contribution in [0.1, 0.15) is 15.9 Å². The molecule has 26 heavy (non-hydrogen) atoms. The van der Waals surface area contributed by atoms with Gasteiger partial charge in [0, 0.05) is 5.69 Å². The highest BCUT2D eigenvalue weighted by molar-refractivity contribution is 8.15. The number of carbonyl (C=O) groups excluding carboxylic acids is 2. The lowest BCUT2D eigenvalue weighted by atomic mass is 10.1. The van der Waals surface area contributed by atoms with Crippen LogP contribution in [0.25, 0.3) is 0 Å². The first-order valence-electron chi connectivity index (χ1n) is 7.73. The minimum absolute atomic E-state index is 0.103. The lowest BCUT2D eigenvalue weighted by Gasteiger charge is -2.15. The van der Waals surface area contributed by atoms with E-state index in [1.165, 1.54) is 12.1 Å². The van der Waals surface area contributed by atoms with Crippen LogP contribution in [0.3, 0.4) is 0 Å². The quantitative estimate of drug-likeness (QED) is 0.804. The van der Waals surface area contributed by atoms with E-state index in [1.54, 1.807) is 43.5 Å². The van der Waals surface area contributed by atoms with Gasteiger partial charge in [-0.15, -0.1) is 0 Å². The predicted octanol–water partition coefficient (Wildman–Crippen LogP) is 3.03. The third-order valence-electron chi connectivity index (χ3n) is 3.86. The second-order valence-corrected chi connectivity index (χ2v) is 6.62. The fourth-order valence-electron chi connectivity index (χ4n) is 2.45. The van der Waals surface area contributed by atoms with Crippen LogP contribution < -0.4 is 10.1 Å². The van der Waals surface area contributed by atoms with E-state index < -0.39 is 11.3 Å². The van der Waals surface area contributed by atoms with Gasteiger partial charge in [-0.1, -0.05) is 12.1 Å². The van der Waals surface area contributed by atoms with Gasteiger partial charge in [-0.05, 0) is 53.7 Å². The molecule has 2 aromatic carbocycles. The Morgan fingerprint density at radius 2 is 1.81 bits per heavy atom. The van der Waals surface area contributed by atoms with Gasteiger partial charge < -0.3 is 15.2 Å². The smallest absolute Gasteiger partial charge is 0.335 e. The zero-order valence-electron chi connectivity index (χ0n) is 13.8. The lowest BCUT2D eigenvalue weighted by Crippen LogP contribution is -2.33. The number of nitrogens with zero attached hydrogens (tertiary/aromatic N) is 1. The van der Waals surface area contributed by atoms with E-state index in [1.807, 2.05) is 0 Å². The number of ether oxygens (including phenoxy) is 1. The molecular formula is C18H16N2O5S. The summed E-state index contributed by atoms with van der Waals surface area (Å²) in [7, 11) is 1.57. The van der Waals surface area contributed by atoms with Crippen LogP contribution in [-0.2, 0) is 11.3 Å². The molecule has 1 aliphatic rings. The average Bonchev–Trinajstić information content (AvgIpc) is 2.90. The molecular weight excluding hydrogens is 356 g/mol. The van der Waals surface area contributed by atoms with Crippen LogP contribution in [0.15, 0.2) is 48.5 Å². The van der Waals surface area contributed by atoms with Gasteiger partial charge in [-0.25, -0.2) is 4.79 Å². The molecule has 0 unspecified atom stereocenters. The molecule has 7 nitrogen and oxygen atoms in total. The molecule has 1 saturated heterocycles. The number of amides is 2. The molecule has 2 aromatic rings. The standard InChI is InChI=1S/C18H16N2O5S/c1-25-14-8-6-13(7-9-14)19-15-16(21)20(18(24)26-15)10-11-2-4-12(5-3-11)17(22)23/h2-9,15,19H,10H2,1H3,(H,22,23)/t15-/m1/s1. The summed E-state index contributed by atoms with van der Waals surface area (Å²) in [6.45, 7) is 0.103. The maximum Gasteiger partial charge on any atom is 0.335 e. The molecule has 1 atom stereocenters. The molecule has 134 valence electrons. The number of carboxylic acids is 1. The van der Waals surface area contributed by atoms with Crippen molar-refractivity contribution in [1.29, 1.82) is 0 Å². The van der Waals surface area contributed by atoms with Crippen molar-refractivity contribution in [2.75, 3.05) is 12.4 Å². The van der Waals surface area contributed by atoms with Gasteiger partial charge in [0.15, 0.2) is 5.37 Å². The van der Waals surface area contributed by atoms with E-state index in [0.717, 1.165) is 16.7 Å². The third kappa shape index (κ3) is 3.80. The Bertz CT molecular complexity index is 836. The summed E-state index contributed by atoms with van der Waals surface area (Å²) < 4.78 is 5.08. The van der Waals surface area contributed by atoms with E-state index in [4.69, 9.17) is 9.84 Å². The number of carbonyl (C=O) groups is 3. The topological polar surface area (TPSA) is 95.9 Å². The van der Waals surface area contributed by atoms with E-state index in [-0.39, 0.29) is 23.3 Å². The summed E-state index contributed by atoms with van der Waals surface area (Å²) in [6, 6.07) is 13.1. The van der Waals surface area contributed by atoms with Crippen LogP contribution in [0, 0.1) is 0 Å². The Labute approximate surface area is 153 Å². The van der Waals surface area contributed by atoms with Crippen molar-refractivity contribution in [2.24, 2.45) is 0 Å². The molecule has 1 heterocycles. The average molecular weight is 372 g/mol. The Balaban J connectivity index is 1.67. The van der Waals surface area contributed by atoms with E-state index in [0.29, 0.717) is 17.0 Å². The SMILES string of the molecule is COc1ccc(N[C@@H]2SC(=O)N(Cc3ccc(C(=O)O)cc3)C2=O)cc1. The maximum atomic E-state index is 12.5. The molecule has 0 saturated carbocycles. The molecule has 1 fully saturated rings. The molecule has 2 N–H and O–H groups in total. The second kappa shape index (κ2) is 7.49. The van der Waals surface area contributed by atoms with Crippen molar-refractivity contribution in [3.05, 3.63) is 59.7 Å². The molecule has 0 aliphatic carbocycles. The number of rotatable bonds is 6. The number of thioether (sulfide) groups is 1. The summed E-state index contributed by atoms with van der Waals surface area (Å²) >= 11 is 0.915. The minimum Gasteiger partial charge on any atom is -0.497 e. The van der Waals surface area contributed by atoms with Crippen molar-refractivity contribution >= 4 is 34.6 Å². The van der Waals surface area contributed by atoms with Crippen LogP contribution in [0.2, 0.25) is 0 Å². The number of hydrogen-bond acceptors (Lipinski definition) is 6. The Morgan fingerprint density at radius 1 is 1.15 bits per heavy atom. The van der Waals surface area contributed by atoms with Gasteiger partial charge in [0.2, 0.25) is 0 Å². The van der Waals surface area contributed by atoms with Gasteiger partial charge in [-0.2, -0.15) is 0 Å². The number of anilines is 1. The summed E-state index contributed by atoms with van der Waals surface area (Å²) in [5, 5.41) is 10.9. The van der Waals surface area contributed by atoms with Crippen LogP contribution in [0.4, 0.5) is 10.5 Å². The summed E-state index contributed by atoms with van der Waals surface area (Å²) in [5.41, 5.74) is 1.54. The molecule has 0 radical (unpaired) electrons. The van der Waals surface area contributed by atoms with Gasteiger partial charge >= 0.3 is 5.97 Å². The molecule has 8 heteroatoms. The maximum absolute atomic E-state index is 12.5. The first-order chi connectivity index (χ1) is 12.5. The lowest BCUT2D eigenvalue weighted by molar-refractivity contribution is -0.126. The molecule has 1 aliphatic heterocycles. The number of imide groups is 1. The Morgan fingerprint density at radius 3 is 2.38 bits per heavy atom. The van der Waals surface area contributed by atoms with Gasteiger partial charge in [0.25, 0.3) is 11.1 Å². The van der Waals surface area contributed by atoms with E-state index >= 15 is 0 Å². The number of benzene rings is 2. The first kappa shape index (κ1) is 17.8. The van der Waals surface area contributed by atoms with E-state index in [9.17, 15) is 14.4 Å². The highest BCUT2D eigenvalue weighted by Crippen LogP contribution is 2.30. The number of aromatic carboxylic acids is 1.